The summed E-state index contributed by atoms with van der Waals surface area (Å²) in [4.78, 5) is 21.0. The van der Waals surface area contributed by atoms with Gasteiger partial charge in [0.15, 0.2) is 0 Å². The fraction of sp³-hybridized carbons (Fsp3) is 0.667. The molecule has 0 radical (unpaired) electrons. The number of amides is 2. The Morgan fingerprint density at radius 2 is 2.38 bits per heavy atom. The standard InChI is InChI=1S/C18H30N4OS/c1-5-16(13-24-4)20-18(23)22(3)12-15-8-10-21(2)17(15)14-7-6-9-19-11-14/h6-7,9,11,15-17H,5,8,10,12-13H2,1-4H3,(H,20,23)/t15-,16?,17-/m0/s1. The van der Waals surface area contributed by atoms with Gasteiger partial charge in [-0.15, -0.1) is 0 Å². The monoisotopic (exact) mass is 350 g/mol. The Hall–Kier alpha value is -1.27. The molecule has 0 aromatic carbocycles. The number of likely N-dealkylation sites (tertiary alicyclic amines) is 1. The van der Waals surface area contributed by atoms with Crippen molar-refractivity contribution >= 4 is 17.8 Å². The average Bonchev–Trinajstić information content (AvgIpc) is 2.95. The van der Waals surface area contributed by atoms with E-state index < -0.39 is 0 Å². The van der Waals surface area contributed by atoms with Gasteiger partial charge in [-0.3, -0.25) is 9.88 Å². The van der Waals surface area contributed by atoms with Gasteiger partial charge < -0.3 is 10.2 Å². The van der Waals surface area contributed by atoms with E-state index in [1.54, 1.807) is 11.8 Å². The zero-order chi connectivity index (χ0) is 17.5. The van der Waals surface area contributed by atoms with Crippen LogP contribution < -0.4 is 5.32 Å². The number of nitrogens with zero attached hydrogens (tertiary/aromatic N) is 3. The molecule has 0 spiro atoms. The van der Waals surface area contributed by atoms with Gasteiger partial charge in [0.2, 0.25) is 0 Å². The Bertz CT molecular complexity index is 513. The molecule has 2 amide bonds. The van der Waals surface area contributed by atoms with Crippen LogP contribution in [0.15, 0.2) is 24.5 Å². The molecule has 1 unspecified atom stereocenters. The van der Waals surface area contributed by atoms with Gasteiger partial charge in [-0.05, 0) is 50.2 Å². The minimum absolute atomic E-state index is 0.0374. The Balaban J connectivity index is 1.97. The Morgan fingerprint density at radius 3 is 3.00 bits per heavy atom. The van der Waals surface area contributed by atoms with Crippen molar-refractivity contribution < 1.29 is 4.79 Å². The van der Waals surface area contributed by atoms with Crippen LogP contribution in [0.4, 0.5) is 4.79 Å². The van der Waals surface area contributed by atoms with Crippen molar-refractivity contribution in [2.24, 2.45) is 5.92 Å². The first-order chi connectivity index (χ1) is 11.6. The highest BCUT2D eigenvalue weighted by Crippen LogP contribution is 2.36. The predicted octanol–water partition coefficient (Wildman–Crippen LogP) is 2.86. The van der Waals surface area contributed by atoms with E-state index in [1.165, 1.54) is 5.56 Å². The smallest absolute Gasteiger partial charge is 0.317 e. The summed E-state index contributed by atoms with van der Waals surface area (Å²) in [7, 11) is 4.06. The van der Waals surface area contributed by atoms with E-state index in [0.717, 1.165) is 31.7 Å². The quantitative estimate of drug-likeness (QED) is 0.821. The summed E-state index contributed by atoms with van der Waals surface area (Å²) in [5.74, 6) is 1.40. The third-order valence-corrected chi connectivity index (χ3v) is 5.58. The highest BCUT2D eigenvalue weighted by atomic mass is 32.2. The third-order valence-electron chi connectivity index (χ3n) is 4.84. The molecular formula is C18H30N4OS. The summed E-state index contributed by atoms with van der Waals surface area (Å²) in [6, 6.07) is 4.74. The molecule has 1 aromatic heterocycles. The lowest BCUT2D eigenvalue weighted by molar-refractivity contribution is 0.186. The van der Waals surface area contributed by atoms with Crippen LogP contribution in [-0.2, 0) is 0 Å². The van der Waals surface area contributed by atoms with Gasteiger partial charge in [0.1, 0.15) is 0 Å². The summed E-state index contributed by atoms with van der Waals surface area (Å²) >= 11 is 1.77. The highest BCUT2D eigenvalue weighted by Gasteiger charge is 2.34. The summed E-state index contributed by atoms with van der Waals surface area (Å²) < 4.78 is 0. The van der Waals surface area contributed by atoms with Crippen molar-refractivity contribution in [3.63, 3.8) is 0 Å². The Labute approximate surface area is 150 Å². The molecule has 0 bridgehead atoms. The minimum atomic E-state index is 0.0374. The van der Waals surface area contributed by atoms with Gasteiger partial charge in [0.25, 0.3) is 0 Å². The molecule has 6 heteroatoms. The van der Waals surface area contributed by atoms with Crippen LogP contribution in [0.2, 0.25) is 0 Å². The molecular weight excluding hydrogens is 320 g/mol. The van der Waals surface area contributed by atoms with Crippen molar-refractivity contribution in [1.29, 1.82) is 0 Å². The first kappa shape index (κ1) is 19.1. The number of aromatic nitrogens is 1. The van der Waals surface area contributed by atoms with Crippen LogP contribution in [0.5, 0.6) is 0 Å². The average molecular weight is 351 g/mol. The van der Waals surface area contributed by atoms with Crippen molar-refractivity contribution in [1.82, 2.24) is 20.1 Å². The van der Waals surface area contributed by atoms with Crippen molar-refractivity contribution in [2.75, 3.05) is 39.2 Å². The van der Waals surface area contributed by atoms with Crippen molar-refractivity contribution in [3.05, 3.63) is 30.1 Å². The zero-order valence-electron chi connectivity index (χ0n) is 15.2. The fourth-order valence-electron chi connectivity index (χ4n) is 3.48. The summed E-state index contributed by atoms with van der Waals surface area (Å²) in [5, 5.41) is 3.15. The second kappa shape index (κ2) is 9.28. The van der Waals surface area contributed by atoms with Gasteiger partial charge in [-0.1, -0.05) is 13.0 Å². The Morgan fingerprint density at radius 1 is 1.58 bits per heavy atom. The number of pyridine rings is 1. The van der Waals surface area contributed by atoms with E-state index in [0.29, 0.717) is 12.0 Å². The Kier molecular flexibility index (Phi) is 7.37. The number of urea groups is 1. The van der Waals surface area contributed by atoms with Gasteiger partial charge in [-0.2, -0.15) is 11.8 Å². The van der Waals surface area contributed by atoms with E-state index in [1.807, 2.05) is 30.4 Å². The maximum absolute atomic E-state index is 12.5. The molecule has 3 atom stereocenters. The maximum atomic E-state index is 12.5. The van der Waals surface area contributed by atoms with E-state index in [-0.39, 0.29) is 12.1 Å². The molecule has 1 aliphatic rings. The summed E-state index contributed by atoms with van der Waals surface area (Å²) in [6.45, 7) is 3.95. The van der Waals surface area contributed by atoms with Crippen LogP contribution in [0, 0.1) is 5.92 Å². The lowest BCUT2D eigenvalue weighted by Crippen LogP contribution is -2.45. The number of carbonyl (C=O) groups excluding carboxylic acids is 1. The topological polar surface area (TPSA) is 48.5 Å². The van der Waals surface area contributed by atoms with Crippen LogP contribution in [0.1, 0.15) is 31.4 Å². The molecule has 134 valence electrons. The van der Waals surface area contributed by atoms with Gasteiger partial charge in [0.05, 0.1) is 0 Å². The number of carbonyl (C=O) groups is 1. The molecule has 24 heavy (non-hydrogen) atoms. The number of hydrogen-bond donors (Lipinski definition) is 1. The van der Waals surface area contributed by atoms with E-state index in [2.05, 4.69) is 41.5 Å². The van der Waals surface area contributed by atoms with E-state index in [9.17, 15) is 4.79 Å². The summed E-state index contributed by atoms with van der Waals surface area (Å²) in [6.07, 6.45) is 7.90. The SMILES string of the molecule is CCC(CSC)NC(=O)N(C)C[C@@H]1CCN(C)[C@H]1c1cccnc1. The van der Waals surface area contributed by atoms with Crippen LogP contribution in [-0.4, -0.2) is 66.1 Å². The largest absolute Gasteiger partial charge is 0.334 e. The maximum Gasteiger partial charge on any atom is 0.317 e. The number of thioether (sulfide) groups is 1. The van der Waals surface area contributed by atoms with Gasteiger partial charge >= 0.3 is 6.03 Å². The summed E-state index contributed by atoms with van der Waals surface area (Å²) in [5.41, 5.74) is 1.24. The molecule has 1 aliphatic heterocycles. The number of rotatable bonds is 7. The van der Waals surface area contributed by atoms with Crippen LogP contribution >= 0.6 is 11.8 Å². The van der Waals surface area contributed by atoms with Crippen LogP contribution in [0.3, 0.4) is 0 Å². The fourth-order valence-corrected chi connectivity index (χ4v) is 4.20. The molecule has 1 fully saturated rings. The molecule has 0 aliphatic carbocycles. The zero-order valence-corrected chi connectivity index (χ0v) is 16.1. The molecule has 2 rings (SSSR count). The highest BCUT2D eigenvalue weighted by molar-refractivity contribution is 7.98. The minimum Gasteiger partial charge on any atom is -0.334 e. The lowest BCUT2D eigenvalue weighted by atomic mass is 9.94. The van der Waals surface area contributed by atoms with Crippen molar-refractivity contribution in [3.8, 4) is 0 Å². The number of nitrogens with one attached hydrogen (secondary N) is 1. The first-order valence-corrected chi connectivity index (χ1v) is 10.1. The molecule has 1 aromatic rings. The lowest BCUT2D eigenvalue weighted by Gasteiger charge is -2.29. The third kappa shape index (κ3) is 4.86. The molecule has 1 saturated heterocycles. The molecule has 5 nitrogen and oxygen atoms in total. The molecule has 1 N–H and O–H groups in total. The van der Waals surface area contributed by atoms with Gasteiger partial charge in [0, 0.05) is 43.8 Å². The van der Waals surface area contributed by atoms with Crippen LogP contribution in [0.25, 0.3) is 0 Å². The first-order valence-electron chi connectivity index (χ1n) is 8.67. The second-order valence-electron chi connectivity index (χ2n) is 6.65. The molecule has 0 saturated carbocycles. The molecule has 2 heterocycles. The van der Waals surface area contributed by atoms with Gasteiger partial charge in [-0.25, -0.2) is 4.79 Å². The van der Waals surface area contributed by atoms with Crippen molar-refractivity contribution in [2.45, 2.75) is 31.8 Å². The predicted molar refractivity (Wildman–Crippen MR) is 101 cm³/mol. The van der Waals surface area contributed by atoms with E-state index >= 15 is 0 Å². The second-order valence-corrected chi connectivity index (χ2v) is 7.56. The normalized spacial score (nSPS) is 22.3. The van der Waals surface area contributed by atoms with E-state index in [4.69, 9.17) is 0 Å². The number of hydrogen-bond acceptors (Lipinski definition) is 4.